The van der Waals surface area contributed by atoms with Crippen LogP contribution in [0.15, 0.2) is 87.2 Å². The van der Waals surface area contributed by atoms with Crippen molar-refractivity contribution in [1.29, 1.82) is 0 Å². The molecule has 2 bridgehead atoms. The number of allylic oxidation sites excluding steroid dienone is 3. The number of piperazine rings is 1. The number of amidine groups is 1. The summed E-state index contributed by atoms with van der Waals surface area (Å²) in [5.41, 5.74) is 14.1. The van der Waals surface area contributed by atoms with Crippen LogP contribution in [0, 0.1) is 0 Å². The third kappa shape index (κ3) is 5.16. The van der Waals surface area contributed by atoms with Crippen molar-refractivity contribution in [3.05, 3.63) is 82.7 Å². The van der Waals surface area contributed by atoms with Crippen molar-refractivity contribution in [3.8, 4) is 5.88 Å². The fourth-order valence-corrected chi connectivity index (χ4v) is 5.85. The topological polar surface area (TPSA) is 147 Å². The van der Waals surface area contributed by atoms with Crippen molar-refractivity contribution in [2.24, 2.45) is 21.6 Å². The maximum Gasteiger partial charge on any atom is 0.212 e. The van der Waals surface area contributed by atoms with Crippen LogP contribution < -0.4 is 16.2 Å². The van der Waals surface area contributed by atoms with Crippen LogP contribution in [0.4, 0.5) is 0 Å². The zero-order valence-corrected chi connectivity index (χ0v) is 23.5. The van der Waals surface area contributed by atoms with Crippen molar-refractivity contribution in [3.63, 3.8) is 0 Å². The molecule has 0 radical (unpaired) electrons. The number of pyridine rings is 1. The molecule has 0 amide bonds. The second-order valence-electron chi connectivity index (χ2n) is 11.4. The third-order valence-corrected chi connectivity index (χ3v) is 7.84. The van der Waals surface area contributed by atoms with Gasteiger partial charge < -0.3 is 35.7 Å². The van der Waals surface area contributed by atoms with Gasteiger partial charge in [-0.1, -0.05) is 6.07 Å². The molecule has 1 aromatic heterocycles. The minimum Gasteiger partial charge on any atom is -0.489 e. The van der Waals surface area contributed by atoms with Crippen LogP contribution in [-0.4, -0.2) is 88.0 Å². The van der Waals surface area contributed by atoms with Gasteiger partial charge in [0.25, 0.3) is 0 Å². The number of aliphatic hydroxyl groups is 1. The van der Waals surface area contributed by atoms with E-state index in [9.17, 15) is 5.11 Å². The van der Waals surface area contributed by atoms with E-state index in [-0.39, 0.29) is 18.5 Å². The van der Waals surface area contributed by atoms with Crippen molar-refractivity contribution in [1.82, 2.24) is 19.8 Å². The molecule has 0 aliphatic carbocycles. The molecule has 12 nitrogen and oxygen atoms in total. The first-order valence-electron chi connectivity index (χ1n) is 13.6. The normalized spacial score (nSPS) is 26.5. The summed E-state index contributed by atoms with van der Waals surface area (Å²) in [7, 11) is 1.62. The SMILES string of the molecule is C=N/C(=C\C=C1/OC(N)=C2C(N)=NN3C=C(OCC(C)(C)O)C=C1C23)N1CC2CC(C1)N2Cc1ccc(OC)nc1. The van der Waals surface area contributed by atoms with E-state index in [4.69, 9.17) is 25.7 Å². The van der Waals surface area contributed by atoms with Crippen LogP contribution in [0.2, 0.25) is 0 Å². The Kier molecular flexibility index (Phi) is 6.74. The molecule has 3 fully saturated rings. The first-order chi connectivity index (χ1) is 19.6. The van der Waals surface area contributed by atoms with E-state index in [0.29, 0.717) is 40.9 Å². The van der Waals surface area contributed by atoms with Crippen LogP contribution in [0.25, 0.3) is 0 Å². The number of hydrogen-bond acceptors (Lipinski definition) is 12. The molecule has 1 aromatic rings. The summed E-state index contributed by atoms with van der Waals surface area (Å²) in [6, 6.07) is 4.50. The first-order valence-corrected chi connectivity index (χ1v) is 13.6. The summed E-state index contributed by atoms with van der Waals surface area (Å²) in [6.07, 6.45) is 10.4. The Morgan fingerprint density at radius 2 is 2.07 bits per heavy atom. The van der Waals surface area contributed by atoms with Crippen molar-refractivity contribution >= 4 is 12.6 Å². The van der Waals surface area contributed by atoms with Crippen LogP contribution >= 0.6 is 0 Å². The summed E-state index contributed by atoms with van der Waals surface area (Å²) in [4.78, 5) is 13.5. The molecule has 5 N–H and O–H groups in total. The lowest BCUT2D eigenvalue weighted by Gasteiger charge is -2.57. The summed E-state index contributed by atoms with van der Waals surface area (Å²) in [6.45, 7) is 9.87. The summed E-state index contributed by atoms with van der Waals surface area (Å²) in [5.74, 6) is 2.96. The van der Waals surface area contributed by atoms with Gasteiger partial charge >= 0.3 is 0 Å². The molecule has 3 atom stereocenters. The number of piperidine rings is 1. The molecule has 6 aliphatic rings. The molecule has 41 heavy (non-hydrogen) atoms. The Morgan fingerprint density at radius 3 is 2.73 bits per heavy atom. The second-order valence-corrected chi connectivity index (χ2v) is 11.4. The van der Waals surface area contributed by atoms with Gasteiger partial charge in [-0.05, 0) is 50.8 Å². The van der Waals surface area contributed by atoms with Gasteiger partial charge in [-0.25, -0.2) is 9.98 Å². The average molecular weight is 561 g/mol. The number of nitrogens with two attached hydrogens (primary N) is 2. The second kappa shape index (κ2) is 10.3. The molecule has 6 aliphatic heterocycles. The lowest BCUT2D eigenvalue weighted by atomic mass is 9.87. The number of hydrogen-bond donors (Lipinski definition) is 3. The fourth-order valence-electron chi connectivity index (χ4n) is 5.85. The monoisotopic (exact) mass is 560 g/mol. The molecule has 7 rings (SSSR count). The molecular weight excluding hydrogens is 524 g/mol. The highest BCUT2D eigenvalue weighted by molar-refractivity contribution is 6.01. The quantitative estimate of drug-likeness (QED) is 0.380. The van der Waals surface area contributed by atoms with E-state index in [2.05, 4.69) is 37.7 Å². The van der Waals surface area contributed by atoms with E-state index in [1.165, 1.54) is 5.56 Å². The highest BCUT2D eigenvalue weighted by atomic mass is 16.5. The van der Waals surface area contributed by atoms with Crippen LogP contribution in [-0.2, 0) is 16.0 Å². The lowest BCUT2D eigenvalue weighted by Crippen LogP contribution is -2.67. The Labute approximate surface area is 239 Å². The smallest absolute Gasteiger partial charge is 0.212 e. The highest BCUT2D eigenvalue weighted by Crippen LogP contribution is 2.41. The van der Waals surface area contributed by atoms with E-state index < -0.39 is 5.60 Å². The van der Waals surface area contributed by atoms with Gasteiger partial charge in [0.2, 0.25) is 5.88 Å². The molecule has 216 valence electrons. The van der Waals surface area contributed by atoms with Crippen LogP contribution in [0.5, 0.6) is 5.88 Å². The van der Waals surface area contributed by atoms with Gasteiger partial charge in [0.05, 0.1) is 24.5 Å². The van der Waals surface area contributed by atoms with Gasteiger partial charge in [-0.2, -0.15) is 5.10 Å². The summed E-state index contributed by atoms with van der Waals surface area (Å²) in [5, 5.41) is 16.3. The molecule has 3 unspecified atom stereocenters. The maximum absolute atomic E-state index is 10.1. The zero-order chi connectivity index (χ0) is 28.9. The number of rotatable bonds is 9. The minimum absolute atomic E-state index is 0.110. The van der Waals surface area contributed by atoms with Gasteiger partial charge in [-0.3, -0.25) is 9.91 Å². The van der Waals surface area contributed by atoms with E-state index in [1.807, 2.05) is 30.5 Å². The van der Waals surface area contributed by atoms with Crippen molar-refractivity contribution in [2.45, 2.75) is 50.5 Å². The predicted molar refractivity (Wildman–Crippen MR) is 154 cm³/mol. The van der Waals surface area contributed by atoms with Gasteiger partial charge in [0.1, 0.15) is 30.0 Å². The van der Waals surface area contributed by atoms with Gasteiger partial charge in [-0.15, -0.1) is 0 Å². The standard InChI is InChI=1S/C29H36N8O4/c1-29(2,38)16-40-20-10-21-22(41-28(31)25-26(21)37(15-20)34-27(25)30)6-7-23(32-3)35-13-18-9-19(14-35)36(18)12-17-5-8-24(39-4)33-11-17/h5-8,10-11,15,18-19,26,38H,3,9,12-14,16,31H2,1-2,4H3,(H2,30,34)/b22-6-,23-7+. The number of nitrogens with zero attached hydrogens (tertiary/aromatic N) is 6. The predicted octanol–water partition coefficient (Wildman–Crippen LogP) is 1.50. The van der Waals surface area contributed by atoms with Crippen LogP contribution in [0.1, 0.15) is 25.8 Å². The third-order valence-electron chi connectivity index (χ3n) is 7.84. The Hall–Kier alpha value is -4.29. The molecule has 0 spiro atoms. The van der Waals surface area contributed by atoms with E-state index >= 15 is 0 Å². The van der Waals surface area contributed by atoms with E-state index in [1.54, 1.807) is 32.2 Å². The number of aromatic nitrogens is 1. The summed E-state index contributed by atoms with van der Waals surface area (Å²) < 4.78 is 17.1. The lowest BCUT2D eigenvalue weighted by molar-refractivity contribution is -0.0645. The summed E-state index contributed by atoms with van der Waals surface area (Å²) >= 11 is 0. The number of methoxy groups -OCH3 is 1. The molecule has 7 heterocycles. The fraction of sp³-hybridized carbons (Fsp3) is 0.414. The molecule has 3 saturated heterocycles. The minimum atomic E-state index is -0.996. The largest absolute Gasteiger partial charge is 0.489 e. The van der Waals surface area contributed by atoms with Gasteiger partial charge in [0.15, 0.2) is 11.7 Å². The number of fused-ring (bicyclic) bond motifs is 2. The first kappa shape index (κ1) is 26.9. The highest BCUT2D eigenvalue weighted by Gasteiger charge is 2.45. The van der Waals surface area contributed by atoms with Crippen molar-refractivity contribution < 1.29 is 19.3 Å². The Morgan fingerprint density at radius 1 is 1.29 bits per heavy atom. The number of aliphatic imine (C=N–C) groups is 1. The van der Waals surface area contributed by atoms with E-state index in [0.717, 1.165) is 37.4 Å². The van der Waals surface area contributed by atoms with Crippen molar-refractivity contribution in [2.75, 3.05) is 26.8 Å². The van der Waals surface area contributed by atoms with Crippen LogP contribution in [0.3, 0.4) is 0 Å². The number of ether oxygens (including phenoxy) is 3. The Balaban J connectivity index is 1.19. The number of hydrazone groups is 1. The molecule has 0 aromatic carbocycles. The Bertz CT molecular complexity index is 1410. The molecule has 0 saturated carbocycles. The maximum atomic E-state index is 10.1. The zero-order valence-electron chi connectivity index (χ0n) is 23.5. The molecule has 12 heteroatoms. The van der Waals surface area contributed by atoms with Gasteiger partial charge in [0, 0.05) is 49.6 Å². The average Bonchev–Trinajstić information content (AvgIpc) is 3.29. The molecular formula is C29H36N8O4.